The summed E-state index contributed by atoms with van der Waals surface area (Å²) in [5.74, 6) is -0.0152. The standard InChI is InChI=1S/C24H21NO5S/c1-3-12-30-17-10-4-14(5-11-17)18-13-19(26)25-21-20(23(24(27)28)31-22(18)21)15-6-8-16(29-2)9-7-15/h3-11,18H,1,12-13H2,2H3,(H,25,26)(H,27,28). The number of amides is 1. The van der Waals surface area contributed by atoms with Crippen molar-refractivity contribution in [3.63, 3.8) is 0 Å². The number of aromatic carboxylic acids is 1. The van der Waals surface area contributed by atoms with Gasteiger partial charge in [0.15, 0.2) is 0 Å². The lowest BCUT2D eigenvalue weighted by Gasteiger charge is -2.24. The molecule has 2 N–H and O–H groups in total. The van der Waals surface area contributed by atoms with E-state index in [9.17, 15) is 14.7 Å². The number of carboxylic acids is 1. The summed E-state index contributed by atoms with van der Waals surface area (Å²) in [6.45, 7) is 4.05. The molecule has 1 amide bonds. The number of methoxy groups -OCH3 is 1. The first-order valence-electron chi connectivity index (χ1n) is 9.69. The highest BCUT2D eigenvalue weighted by atomic mass is 32.1. The Morgan fingerprint density at radius 2 is 1.87 bits per heavy atom. The van der Waals surface area contributed by atoms with E-state index in [1.165, 1.54) is 11.3 Å². The Hall–Kier alpha value is -3.58. The molecule has 1 aliphatic rings. The van der Waals surface area contributed by atoms with Gasteiger partial charge in [-0.2, -0.15) is 0 Å². The minimum absolute atomic E-state index is 0.144. The minimum Gasteiger partial charge on any atom is -0.497 e. The van der Waals surface area contributed by atoms with E-state index in [1.807, 2.05) is 24.3 Å². The van der Waals surface area contributed by atoms with Crippen LogP contribution in [0.5, 0.6) is 11.5 Å². The Kier molecular flexibility index (Phi) is 5.77. The average molecular weight is 436 g/mol. The number of nitrogens with one attached hydrogen (secondary N) is 1. The van der Waals surface area contributed by atoms with Crippen LogP contribution in [0.3, 0.4) is 0 Å². The third-order valence-corrected chi connectivity index (χ3v) is 6.42. The molecule has 1 atom stereocenters. The van der Waals surface area contributed by atoms with Crippen molar-refractivity contribution in [1.29, 1.82) is 0 Å². The summed E-state index contributed by atoms with van der Waals surface area (Å²) >= 11 is 1.21. The van der Waals surface area contributed by atoms with Crippen molar-refractivity contribution in [3.05, 3.63) is 76.5 Å². The van der Waals surface area contributed by atoms with Crippen LogP contribution in [-0.4, -0.2) is 30.7 Å². The van der Waals surface area contributed by atoms with Gasteiger partial charge in [0.2, 0.25) is 5.91 Å². The fourth-order valence-corrected chi connectivity index (χ4v) is 4.94. The highest BCUT2D eigenvalue weighted by molar-refractivity contribution is 7.15. The first-order chi connectivity index (χ1) is 15.0. The van der Waals surface area contributed by atoms with Crippen LogP contribution in [0.1, 0.15) is 32.5 Å². The molecule has 0 spiro atoms. The van der Waals surface area contributed by atoms with E-state index < -0.39 is 5.97 Å². The van der Waals surface area contributed by atoms with Crippen LogP contribution in [0.4, 0.5) is 5.69 Å². The molecule has 0 bridgehead atoms. The van der Waals surface area contributed by atoms with Gasteiger partial charge in [-0.3, -0.25) is 4.79 Å². The molecule has 0 saturated carbocycles. The predicted octanol–water partition coefficient (Wildman–Crippen LogP) is 5.16. The molecule has 4 rings (SSSR count). The number of carboxylic acid groups (broad SMARTS) is 1. The van der Waals surface area contributed by atoms with Crippen LogP contribution in [-0.2, 0) is 4.79 Å². The molecule has 31 heavy (non-hydrogen) atoms. The van der Waals surface area contributed by atoms with Crippen LogP contribution in [0.25, 0.3) is 11.1 Å². The summed E-state index contributed by atoms with van der Waals surface area (Å²) < 4.78 is 10.7. The molecule has 7 heteroatoms. The van der Waals surface area contributed by atoms with Crippen LogP contribution in [0, 0.1) is 0 Å². The van der Waals surface area contributed by atoms with Crippen LogP contribution >= 0.6 is 11.3 Å². The summed E-state index contributed by atoms with van der Waals surface area (Å²) in [6.07, 6.45) is 1.92. The largest absolute Gasteiger partial charge is 0.497 e. The summed E-state index contributed by atoms with van der Waals surface area (Å²) in [5, 5.41) is 12.8. The third-order valence-electron chi connectivity index (χ3n) is 5.13. The van der Waals surface area contributed by atoms with E-state index in [-0.39, 0.29) is 23.1 Å². The molecule has 0 saturated heterocycles. The number of benzene rings is 2. The Morgan fingerprint density at radius 1 is 1.19 bits per heavy atom. The molecule has 6 nitrogen and oxygen atoms in total. The number of fused-ring (bicyclic) bond motifs is 1. The molecule has 2 heterocycles. The smallest absolute Gasteiger partial charge is 0.346 e. The third kappa shape index (κ3) is 4.04. The average Bonchev–Trinajstić information content (AvgIpc) is 3.17. The molecule has 1 aliphatic heterocycles. The second-order valence-electron chi connectivity index (χ2n) is 7.05. The molecule has 0 radical (unpaired) electrons. The molecule has 158 valence electrons. The number of hydrogen-bond donors (Lipinski definition) is 2. The SMILES string of the molecule is C=CCOc1ccc(C2CC(=O)Nc3c2sc(C(=O)O)c3-c2ccc(OC)cc2)cc1. The fourth-order valence-electron chi connectivity index (χ4n) is 3.69. The topological polar surface area (TPSA) is 84.9 Å². The fraction of sp³-hybridized carbons (Fsp3) is 0.167. The molecule has 0 fully saturated rings. The number of anilines is 1. The van der Waals surface area contributed by atoms with Crippen LogP contribution < -0.4 is 14.8 Å². The second kappa shape index (κ2) is 8.65. The first-order valence-corrected chi connectivity index (χ1v) is 10.5. The normalized spacial score (nSPS) is 15.0. The number of rotatable bonds is 7. The Morgan fingerprint density at radius 3 is 2.48 bits per heavy atom. The second-order valence-corrected chi connectivity index (χ2v) is 8.10. The van der Waals surface area contributed by atoms with Gasteiger partial charge >= 0.3 is 5.97 Å². The van der Waals surface area contributed by atoms with Crippen molar-refractivity contribution in [3.8, 4) is 22.6 Å². The van der Waals surface area contributed by atoms with Gasteiger partial charge in [0.25, 0.3) is 0 Å². The van der Waals surface area contributed by atoms with Gasteiger partial charge in [-0.1, -0.05) is 36.9 Å². The summed E-state index contributed by atoms with van der Waals surface area (Å²) in [6, 6.07) is 14.7. The van der Waals surface area contributed by atoms with Crippen LogP contribution in [0.2, 0.25) is 0 Å². The van der Waals surface area contributed by atoms with Gasteiger partial charge < -0.3 is 19.9 Å². The first kappa shape index (κ1) is 20.7. The highest BCUT2D eigenvalue weighted by Crippen LogP contribution is 2.49. The lowest BCUT2D eigenvalue weighted by atomic mass is 9.88. The molecule has 1 aromatic heterocycles. The van der Waals surface area contributed by atoms with Gasteiger partial charge in [0.1, 0.15) is 23.0 Å². The number of thiophene rings is 1. The van der Waals surface area contributed by atoms with E-state index in [4.69, 9.17) is 9.47 Å². The van der Waals surface area contributed by atoms with E-state index in [2.05, 4.69) is 11.9 Å². The van der Waals surface area contributed by atoms with Crippen molar-refractivity contribution < 1.29 is 24.2 Å². The van der Waals surface area contributed by atoms with Gasteiger partial charge in [0.05, 0.1) is 12.8 Å². The monoisotopic (exact) mass is 435 g/mol. The Labute approximate surface area is 183 Å². The molecule has 1 unspecified atom stereocenters. The van der Waals surface area contributed by atoms with E-state index >= 15 is 0 Å². The lowest BCUT2D eigenvalue weighted by Crippen LogP contribution is -2.22. The highest BCUT2D eigenvalue weighted by Gasteiger charge is 2.34. The van der Waals surface area contributed by atoms with Crippen molar-refractivity contribution in [1.82, 2.24) is 0 Å². The lowest BCUT2D eigenvalue weighted by molar-refractivity contribution is -0.116. The quantitative estimate of drug-likeness (QED) is 0.501. The Balaban J connectivity index is 1.79. The number of hydrogen-bond acceptors (Lipinski definition) is 5. The minimum atomic E-state index is -1.02. The number of carbonyl (C=O) groups excluding carboxylic acids is 1. The van der Waals surface area contributed by atoms with Crippen LogP contribution in [0.15, 0.2) is 61.2 Å². The van der Waals surface area contributed by atoms with Crippen molar-refractivity contribution >= 4 is 28.9 Å². The molecule has 2 aromatic carbocycles. The summed E-state index contributed by atoms with van der Waals surface area (Å²) in [5.41, 5.74) is 2.74. The Bertz CT molecular complexity index is 1130. The molecule has 0 aliphatic carbocycles. The van der Waals surface area contributed by atoms with Crippen molar-refractivity contribution in [2.24, 2.45) is 0 Å². The maximum Gasteiger partial charge on any atom is 0.346 e. The van der Waals surface area contributed by atoms with Gasteiger partial charge in [-0.25, -0.2) is 4.79 Å². The zero-order chi connectivity index (χ0) is 22.0. The zero-order valence-corrected chi connectivity index (χ0v) is 17.7. The molecular formula is C24H21NO5S. The van der Waals surface area contributed by atoms with Crippen molar-refractivity contribution in [2.75, 3.05) is 19.0 Å². The summed E-state index contributed by atoms with van der Waals surface area (Å²) in [7, 11) is 1.57. The summed E-state index contributed by atoms with van der Waals surface area (Å²) in [4.78, 5) is 25.7. The maximum atomic E-state index is 12.6. The number of carbonyl (C=O) groups is 2. The number of ether oxygens (including phenoxy) is 2. The predicted molar refractivity (Wildman–Crippen MR) is 120 cm³/mol. The van der Waals surface area contributed by atoms with Gasteiger partial charge in [-0.05, 0) is 35.4 Å². The van der Waals surface area contributed by atoms with E-state index in [1.54, 1.807) is 37.5 Å². The molecule has 3 aromatic rings. The van der Waals surface area contributed by atoms with E-state index in [0.29, 0.717) is 34.9 Å². The van der Waals surface area contributed by atoms with Crippen molar-refractivity contribution in [2.45, 2.75) is 12.3 Å². The van der Waals surface area contributed by atoms with Gasteiger partial charge in [0, 0.05) is 22.8 Å². The zero-order valence-electron chi connectivity index (χ0n) is 16.9. The van der Waals surface area contributed by atoms with Gasteiger partial charge in [-0.15, -0.1) is 11.3 Å². The van der Waals surface area contributed by atoms with E-state index in [0.717, 1.165) is 10.4 Å². The molecular weight excluding hydrogens is 414 g/mol. The maximum absolute atomic E-state index is 12.6.